The summed E-state index contributed by atoms with van der Waals surface area (Å²) in [5.41, 5.74) is 6.40. The minimum absolute atomic E-state index is 0.189. The smallest absolute Gasteiger partial charge is 0.338 e. The lowest BCUT2D eigenvalue weighted by Crippen LogP contribution is -2.51. The number of nitrogen functional groups attached to an aromatic ring is 1. The van der Waals surface area contributed by atoms with E-state index in [1.54, 1.807) is 42.5 Å². The minimum atomic E-state index is -3.58. The normalized spacial score (nSPS) is 15.2. The first-order valence-electron chi connectivity index (χ1n) is 8.73. The average molecular weight is 403 g/mol. The predicted octanol–water partition coefficient (Wildman–Crippen LogP) is 0.959. The summed E-state index contributed by atoms with van der Waals surface area (Å²) in [4.78, 5) is 26.0. The van der Waals surface area contributed by atoms with Crippen LogP contribution in [0.2, 0.25) is 0 Å². The van der Waals surface area contributed by atoms with E-state index in [9.17, 15) is 18.0 Å². The molecule has 28 heavy (non-hydrogen) atoms. The number of benzene rings is 2. The fraction of sp³-hybridized carbons (Fsp3) is 0.263. The molecule has 8 nitrogen and oxygen atoms in total. The van der Waals surface area contributed by atoms with Crippen LogP contribution in [-0.4, -0.2) is 62.3 Å². The van der Waals surface area contributed by atoms with Gasteiger partial charge in [0.15, 0.2) is 6.61 Å². The van der Waals surface area contributed by atoms with Crippen LogP contribution in [0.15, 0.2) is 59.5 Å². The molecule has 1 heterocycles. The van der Waals surface area contributed by atoms with E-state index in [2.05, 4.69) is 0 Å². The Kier molecular flexibility index (Phi) is 5.96. The molecule has 1 saturated heterocycles. The highest BCUT2D eigenvalue weighted by Gasteiger charge is 2.30. The summed E-state index contributed by atoms with van der Waals surface area (Å²) < 4.78 is 31.6. The number of ether oxygens (including phenoxy) is 1. The summed E-state index contributed by atoms with van der Waals surface area (Å²) in [6, 6.07) is 14.4. The molecule has 148 valence electrons. The van der Waals surface area contributed by atoms with E-state index in [0.29, 0.717) is 11.3 Å². The first-order valence-corrected chi connectivity index (χ1v) is 10.2. The molecule has 3 rings (SSSR count). The molecule has 0 bridgehead atoms. The summed E-state index contributed by atoms with van der Waals surface area (Å²) in [5, 5.41) is 0. The number of nitrogens with two attached hydrogens (primary N) is 1. The van der Waals surface area contributed by atoms with Gasteiger partial charge in [-0.1, -0.05) is 18.2 Å². The Morgan fingerprint density at radius 1 is 0.929 bits per heavy atom. The molecule has 9 heteroatoms. The number of rotatable bonds is 5. The maximum atomic E-state index is 12.6. The number of piperazine rings is 1. The van der Waals surface area contributed by atoms with Crippen LogP contribution in [0.4, 0.5) is 5.69 Å². The molecule has 0 aromatic heterocycles. The van der Waals surface area contributed by atoms with E-state index in [1.807, 2.05) is 0 Å². The molecular formula is C19H21N3O5S. The second kappa shape index (κ2) is 8.41. The Hall–Kier alpha value is -2.91. The van der Waals surface area contributed by atoms with Gasteiger partial charge in [-0.05, 0) is 36.4 Å². The van der Waals surface area contributed by atoms with Crippen LogP contribution in [0.3, 0.4) is 0 Å². The Balaban J connectivity index is 1.51. The zero-order chi connectivity index (χ0) is 20.1. The number of anilines is 1. The molecular weight excluding hydrogens is 382 g/mol. The fourth-order valence-electron chi connectivity index (χ4n) is 2.84. The standard InChI is InChI=1S/C19H21N3O5S/c20-16-8-6-15(7-9-16)19(24)27-14-18(23)21-10-12-22(13-11-21)28(25,26)17-4-2-1-3-5-17/h1-9H,10-14,20H2. The van der Waals surface area contributed by atoms with Gasteiger partial charge in [0.1, 0.15) is 0 Å². The number of carbonyl (C=O) groups excluding carboxylic acids is 2. The number of amides is 1. The van der Waals surface area contributed by atoms with Crippen molar-refractivity contribution in [1.82, 2.24) is 9.21 Å². The molecule has 0 atom stereocenters. The molecule has 0 spiro atoms. The van der Waals surface area contributed by atoms with E-state index in [4.69, 9.17) is 10.5 Å². The SMILES string of the molecule is Nc1ccc(C(=O)OCC(=O)N2CCN(S(=O)(=O)c3ccccc3)CC2)cc1. The first kappa shape index (κ1) is 19.8. The van der Waals surface area contributed by atoms with E-state index in [0.717, 1.165) is 0 Å². The highest BCUT2D eigenvalue weighted by molar-refractivity contribution is 7.89. The maximum Gasteiger partial charge on any atom is 0.338 e. The quantitative estimate of drug-likeness (QED) is 0.588. The van der Waals surface area contributed by atoms with Crippen LogP contribution in [0, 0.1) is 0 Å². The summed E-state index contributed by atoms with van der Waals surface area (Å²) in [5.74, 6) is -0.973. The van der Waals surface area contributed by atoms with Gasteiger partial charge in [-0.2, -0.15) is 4.31 Å². The van der Waals surface area contributed by atoms with E-state index in [1.165, 1.54) is 21.3 Å². The van der Waals surface area contributed by atoms with Crippen molar-refractivity contribution in [3.05, 3.63) is 60.2 Å². The Bertz CT molecular complexity index is 937. The molecule has 1 aliphatic heterocycles. The van der Waals surface area contributed by atoms with Gasteiger partial charge in [0.2, 0.25) is 10.0 Å². The van der Waals surface area contributed by atoms with Gasteiger partial charge in [-0.15, -0.1) is 0 Å². The number of nitrogens with zero attached hydrogens (tertiary/aromatic N) is 2. The summed E-state index contributed by atoms with van der Waals surface area (Å²) in [6.07, 6.45) is 0. The fourth-order valence-corrected chi connectivity index (χ4v) is 4.28. The second-order valence-corrected chi connectivity index (χ2v) is 8.23. The molecule has 1 fully saturated rings. The monoisotopic (exact) mass is 403 g/mol. The molecule has 2 aromatic carbocycles. The van der Waals surface area contributed by atoms with Crippen LogP contribution in [0.25, 0.3) is 0 Å². The van der Waals surface area contributed by atoms with Gasteiger partial charge >= 0.3 is 5.97 Å². The van der Waals surface area contributed by atoms with E-state index >= 15 is 0 Å². The van der Waals surface area contributed by atoms with E-state index < -0.39 is 22.6 Å². The first-order chi connectivity index (χ1) is 13.4. The van der Waals surface area contributed by atoms with Gasteiger partial charge in [0.05, 0.1) is 10.5 Å². The molecule has 0 unspecified atom stereocenters. The number of sulfonamides is 1. The lowest BCUT2D eigenvalue weighted by molar-refractivity contribution is -0.135. The third kappa shape index (κ3) is 4.49. The van der Waals surface area contributed by atoms with Crippen LogP contribution in [0.5, 0.6) is 0 Å². The minimum Gasteiger partial charge on any atom is -0.452 e. The molecule has 1 aliphatic rings. The summed E-state index contributed by atoms with van der Waals surface area (Å²) in [6.45, 7) is 0.465. The Morgan fingerprint density at radius 2 is 1.54 bits per heavy atom. The van der Waals surface area contributed by atoms with Gasteiger partial charge in [-0.3, -0.25) is 4.79 Å². The molecule has 1 amide bonds. The summed E-state index contributed by atoms with van der Waals surface area (Å²) >= 11 is 0. The second-order valence-electron chi connectivity index (χ2n) is 6.30. The average Bonchev–Trinajstić information content (AvgIpc) is 2.73. The van der Waals surface area contributed by atoms with Crippen LogP contribution in [-0.2, 0) is 19.6 Å². The number of hydrogen-bond acceptors (Lipinski definition) is 6. The van der Waals surface area contributed by atoms with Crippen molar-refractivity contribution in [1.29, 1.82) is 0 Å². The van der Waals surface area contributed by atoms with Gasteiger partial charge in [0, 0.05) is 31.9 Å². The summed E-state index contributed by atoms with van der Waals surface area (Å²) in [7, 11) is -3.58. The van der Waals surface area contributed by atoms with Crippen LogP contribution >= 0.6 is 0 Å². The van der Waals surface area contributed by atoms with Crippen molar-refractivity contribution in [3.63, 3.8) is 0 Å². The molecule has 0 radical (unpaired) electrons. The van der Waals surface area contributed by atoms with Gasteiger partial charge in [0.25, 0.3) is 5.91 Å². The lowest BCUT2D eigenvalue weighted by Gasteiger charge is -2.33. The largest absolute Gasteiger partial charge is 0.452 e. The molecule has 2 aromatic rings. The van der Waals surface area contributed by atoms with Crippen LogP contribution in [0.1, 0.15) is 10.4 Å². The highest BCUT2D eigenvalue weighted by atomic mass is 32.2. The van der Waals surface area contributed by atoms with Crippen molar-refractivity contribution in [2.24, 2.45) is 0 Å². The Labute approximate surface area is 163 Å². The van der Waals surface area contributed by atoms with Crippen molar-refractivity contribution in [2.75, 3.05) is 38.5 Å². The maximum absolute atomic E-state index is 12.6. The Morgan fingerprint density at radius 3 is 2.14 bits per heavy atom. The molecule has 0 saturated carbocycles. The van der Waals surface area contributed by atoms with Crippen molar-refractivity contribution in [3.8, 4) is 0 Å². The lowest BCUT2D eigenvalue weighted by atomic mass is 10.2. The van der Waals surface area contributed by atoms with E-state index in [-0.39, 0.29) is 37.0 Å². The predicted molar refractivity (Wildman–Crippen MR) is 103 cm³/mol. The number of esters is 1. The molecule has 0 aliphatic carbocycles. The number of carbonyl (C=O) groups is 2. The zero-order valence-electron chi connectivity index (χ0n) is 15.2. The van der Waals surface area contributed by atoms with Crippen LogP contribution < -0.4 is 5.73 Å². The third-order valence-corrected chi connectivity index (χ3v) is 6.36. The van der Waals surface area contributed by atoms with Gasteiger partial charge < -0.3 is 15.4 Å². The number of hydrogen-bond donors (Lipinski definition) is 1. The zero-order valence-corrected chi connectivity index (χ0v) is 16.0. The van der Waals surface area contributed by atoms with Crippen molar-refractivity contribution < 1.29 is 22.7 Å². The third-order valence-electron chi connectivity index (χ3n) is 4.45. The van der Waals surface area contributed by atoms with Gasteiger partial charge in [-0.25, -0.2) is 13.2 Å². The topological polar surface area (TPSA) is 110 Å². The van der Waals surface area contributed by atoms with Crippen molar-refractivity contribution >= 4 is 27.6 Å². The molecule has 2 N–H and O–H groups in total. The van der Waals surface area contributed by atoms with Crippen molar-refractivity contribution in [2.45, 2.75) is 4.90 Å². The highest BCUT2D eigenvalue weighted by Crippen LogP contribution is 2.17.